The molecule has 1 saturated heterocycles. The van der Waals surface area contributed by atoms with E-state index in [9.17, 15) is 35.4 Å². The minimum Gasteiger partial charge on any atom is -0.394 e. The fourth-order valence-corrected chi connectivity index (χ4v) is 3.53. The highest BCUT2D eigenvalue weighted by molar-refractivity contribution is 5.94. The summed E-state index contributed by atoms with van der Waals surface area (Å²) in [6, 6.07) is -1.22. The van der Waals surface area contributed by atoms with Crippen LogP contribution in [0.2, 0.25) is 0 Å². The zero-order chi connectivity index (χ0) is 34.7. The van der Waals surface area contributed by atoms with E-state index in [-0.39, 0.29) is 6.42 Å². The van der Waals surface area contributed by atoms with Crippen molar-refractivity contribution in [2.24, 2.45) is 0 Å². The van der Waals surface area contributed by atoms with Crippen molar-refractivity contribution in [3.63, 3.8) is 0 Å². The highest BCUT2D eigenvalue weighted by atomic mass is 16.7. The van der Waals surface area contributed by atoms with Crippen LogP contribution in [0.3, 0.4) is 0 Å². The van der Waals surface area contributed by atoms with Gasteiger partial charge in [-0.1, -0.05) is 32.1 Å². The summed E-state index contributed by atoms with van der Waals surface area (Å²) in [6.45, 7) is 2.50. The zero-order valence-electron chi connectivity index (χ0n) is 25.8. The van der Waals surface area contributed by atoms with E-state index in [0.29, 0.717) is 6.42 Å². The van der Waals surface area contributed by atoms with Crippen molar-refractivity contribution in [3.8, 4) is 118 Å². The number of ether oxygens (including phenoxy) is 2. The molecule has 1 rings (SSSR count). The molecule has 0 spiro atoms. The van der Waals surface area contributed by atoms with E-state index in [1.807, 2.05) is 6.92 Å². The lowest BCUT2D eigenvalue weighted by Crippen LogP contribution is -2.60. The van der Waals surface area contributed by atoms with Gasteiger partial charge in [-0.25, -0.2) is 0 Å². The van der Waals surface area contributed by atoms with Crippen LogP contribution in [0.5, 0.6) is 0 Å². The summed E-state index contributed by atoms with van der Waals surface area (Å²) in [7, 11) is 0. The van der Waals surface area contributed by atoms with Crippen molar-refractivity contribution in [1.29, 1.82) is 0 Å². The Morgan fingerprint density at radius 2 is 1.23 bits per heavy atom. The first-order valence-corrected chi connectivity index (χ1v) is 14.3. The Kier molecular flexibility index (Phi) is 21.2. The molecule has 1 heterocycles. The molecular formula is C37H33NO9. The Hall–Kier alpha value is -5.25. The summed E-state index contributed by atoms with van der Waals surface area (Å²) >= 11 is 0. The van der Waals surface area contributed by atoms with Gasteiger partial charge in [-0.15, -0.1) is 0 Å². The number of hydrogen-bond acceptors (Lipinski definition) is 9. The van der Waals surface area contributed by atoms with Gasteiger partial charge in [0.15, 0.2) is 6.29 Å². The molecule has 1 aliphatic heterocycles. The third-order valence-electron chi connectivity index (χ3n) is 5.88. The van der Waals surface area contributed by atoms with Gasteiger partial charge in [0.05, 0.1) is 25.4 Å². The number of carbonyl (C=O) groups excluding carboxylic acids is 1. The smallest absolute Gasteiger partial charge is 0.297 e. The summed E-state index contributed by atoms with van der Waals surface area (Å²) < 4.78 is 10.8. The van der Waals surface area contributed by atoms with E-state index in [2.05, 4.69) is 124 Å². The van der Waals surface area contributed by atoms with Crippen molar-refractivity contribution < 1.29 is 44.9 Å². The molecule has 0 aromatic heterocycles. The quantitative estimate of drug-likeness (QED) is 0.0971. The molecule has 7 N–H and O–H groups in total. The molecule has 1 fully saturated rings. The normalized spacial score (nSPS) is 20.0. The average molecular weight is 636 g/mol. The predicted molar refractivity (Wildman–Crippen MR) is 171 cm³/mol. The number of amides is 1. The van der Waals surface area contributed by atoms with Crippen LogP contribution in [0, 0.1) is 118 Å². The van der Waals surface area contributed by atoms with E-state index < -0.39 is 68.1 Å². The Bertz CT molecular complexity index is 1700. The molecule has 0 aliphatic carbocycles. The maximum atomic E-state index is 12.4. The first-order chi connectivity index (χ1) is 22.8. The molecule has 0 radical (unpaired) electrons. The molecule has 5 unspecified atom stereocenters. The lowest BCUT2D eigenvalue weighted by Gasteiger charge is -2.40. The number of aliphatic hydroxyl groups excluding tert-OH is 6. The third-order valence-corrected chi connectivity index (χ3v) is 5.88. The standard InChI is InChI=1S/C37H33NO9/c1-3-5-7-8-9-10-11-12-13-14-15-16-17-18-19-20-21-22-24-26-32(41)38-29(33(42)30(40)25-23-6-4-2)28-46-37-36(45)35(44)34(43)31(27-39)47-37/h29-31,33-37,39-40,42-45H,4,6,23,25,27-28H2,1-2H3,(H,38,41)/t29-,30+,31?,33-,34?,35?,36?,37?/m0/s1. The van der Waals surface area contributed by atoms with Gasteiger partial charge in [0.25, 0.3) is 5.91 Å². The first-order valence-electron chi connectivity index (χ1n) is 14.3. The minimum atomic E-state index is -1.69. The van der Waals surface area contributed by atoms with Crippen LogP contribution in [0.15, 0.2) is 0 Å². The van der Waals surface area contributed by atoms with Crippen molar-refractivity contribution in [2.45, 2.75) is 88.5 Å². The second-order valence-electron chi connectivity index (χ2n) is 9.29. The Morgan fingerprint density at radius 3 is 1.70 bits per heavy atom. The molecule has 0 aromatic rings. The lowest BCUT2D eigenvalue weighted by atomic mass is 9.99. The van der Waals surface area contributed by atoms with E-state index in [4.69, 9.17) is 9.47 Å². The first kappa shape index (κ1) is 39.8. The summed E-state index contributed by atoms with van der Waals surface area (Å²) in [5, 5.41) is 63.1. The molecule has 10 heteroatoms. The van der Waals surface area contributed by atoms with E-state index in [1.165, 1.54) is 0 Å². The van der Waals surface area contributed by atoms with Gasteiger partial charge in [0.2, 0.25) is 0 Å². The third kappa shape index (κ3) is 17.1. The summed E-state index contributed by atoms with van der Waals surface area (Å²) in [4.78, 5) is 12.4. The van der Waals surface area contributed by atoms with E-state index in [1.54, 1.807) is 6.92 Å². The number of aliphatic hydroxyl groups is 6. The Labute approximate surface area is 276 Å². The molecule has 0 bridgehead atoms. The zero-order valence-corrected chi connectivity index (χ0v) is 25.8. The monoisotopic (exact) mass is 635 g/mol. The summed E-state index contributed by atoms with van der Waals surface area (Å²) in [5.41, 5.74) is 0. The van der Waals surface area contributed by atoms with Crippen LogP contribution in [-0.2, 0) is 14.3 Å². The lowest BCUT2D eigenvalue weighted by molar-refractivity contribution is -0.303. The average Bonchev–Trinajstić information content (AvgIpc) is 3.07. The van der Waals surface area contributed by atoms with Crippen molar-refractivity contribution in [3.05, 3.63) is 0 Å². The van der Waals surface area contributed by atoms with Crippen molar-refractivity contribution in [1.82, 2.24) is 5.32 Å². The number of rotatable bonds is 11. The minimum absolute atomic E-state index is 0.246. The number of carbonyl (C=O) groups is 1. The molecule has 8 atom stereocenters. The largest absolute Gasteiger partial charge is 0.394 e. The molecule has 1 amide bonds. The topological polar surface area (TPSA) is 169 Å². The van der Waals surface area contributed by atoms with Crippen molar-refractivity contribution in [2.75, 3.05) is 13.2 Å². The van der Waals surface area contributed by atoms with Crippen molar-refractivity contribution >= 4 is 5.91 Å². The molecule has 47 heavy (non-hydrogen) atoms. The SMILES string of the molecule is CC#CC#CC#CC#CC#CC#CC#CC#CC#CC#CC(=O)N[C@@H](COC1OC(CO)C(O)C(O)C1O)[C@H](O)[C@H](O)CCCCC. The van der Waals surface area contributed by atoms with Crippen LogP contribution in [0.25, 0.3) is 0 Å². The van der Waals surface area contributed by atoms with Gasteiger partial charge in [-0.3, -0.25) is 4.79 Å². The molecule has 0 saturated carbocycles. The molecular weight excluding hydrogens is 602 g/mol. The molecule has 10 nitrogen and oxygen atoms in total. The van der Waals surface area contributed by atoms with Gasteiger partial charge in [0, 0.05) is 17.8 Å². The second-order valence-corrected chi connectivity index (χ2v) is 9.29. The van der Waals surface area contributed by atoms with Gasteiger partial charge in [-0.2, -0.15) is 0 Å². The van der Waals surface area contributed by atoms with Gasteiger partial charge >= 0.3 is 0 Å². The Balaban J connectivity index is 2.79. The van der Waals surface area contributed by atoms with E-state index in [0.717, 1.165) is 12.8 Å². The Morgan fingerprint density at radius 1 is 0.745 bits per heavy atom. The number of unbranched alkanes of at least 4 members (excludes halogenated alkanes) is 2. The molecule has 240 valence electrons. The number of hydrogen-bond donors (Lipinski definition) is 7. The highest BCUT2D eigenvalue weighted by Crippen LogP contribution is 2.22. The van der Waals surface area contributed by atoms with Crippen LogP contribution in [0.4, 0.5) is 0 Å². The van der Waals surface area contributed by atoms with Gasteiger partial charge in [0.1, 0.15) is 30.5 Å². The van der Waals surface area contributed by atoms with Gasteiger partial charge < -0.3 is 45.4 Å². The van der Waals surface area contributed by atoms with Crippen LogP contribution in [0.1, 0.15) is 39.5 Å². The van der Waals surface area contributed by atoms with Crippen LogP contribution in [-0.4, -0.2) is 98.7 Å². The predicted octanol–water partition coefficient (Wildman–Crippen LogP) is -2.36. The molecule has 1 aliphatic rings. The van der Waals surface area contributed by atoms with Crippen LogP contribution >= 0.6 is 0 Å². The van der Waals surface area contributed by atoms with Gasteiger partial charge in [-0.05, 0) is 108 Å². The molecule has 0 aromatic carbocycles. The summed E-state index contributed by atoms with van der Waals surface area (Å²) in [5.74, 6) is 48.1. The maximum absolute atomic E-state index is 12.4. The fraction of sp³-hybridized carbons (Fsp3) is 0.432. The van der Waals surface area contributed by atoms with Crippen LogP contribution < -0.4 is 5.32 Å². The highest BCUT2D eigenvalue weighted by Gasteiger charge is 2.44. The van der Waals surface area contributed by atoms with E-state index >= 15 is 0 Å². The second kappa shape index (κ2) is 25.0. The summed E-state index contributed by atoms with van der Waals surface area (Å²) in [6.07, 6.45) is -7.83. The maximum Gasteiger partial charge on any atom is 0.297 e. The fourth-order valence-electron chi connectivity index (χ4n) is 3.53. The number of nitrogens with one attached hydrogen (secondary N) is 1.